The molecule has 1 aliphatic rings. The summed E-state index contributed by atoms with van der Waals surface area (Å²) in [6.45, 7) is 0.0595. The Bertz CT molecular complexity index is 482. The van der Waals surface area contributed by atoms with Crippen LogP contribution in [-0.2, 0) is 29.7 Å². The number of methoxy groups -OCH3 is 3. The van der Waals surface area contributed by atoms with Crippen molar-refractivity contribution in [1.82, 2.24) is 0 Å². The molecule has 1 heterocycles. The standard InChI is InChI=1S/C14H20O6S/c1-17-11-9-20-14(15,13(19-3)12(11)18-2)21(16)10-7-5-4-6-8-10/h4-8,11-13,15H,9H2,1-3H3/t11-,12-,13+,14?,21?/m0/s1. The van der Waals surface area contributed by atoms with Crippen molar-refractivity contribution in [2.45, 2.75) is 28.3 Å². The van der Waals surface area contributed by atoms with Gasteiger partial charge in [-0.05, 0) is 12.1 Å². The predicted octanol–water partition coefficient (Wildman–Crippen LogP) is 0.515. The highest BCUT2D eigenvalue weighted by Crippen LogP contribution is 2.34. The Kier molecular flexibility index (Phi) is 5.48. The topological polar surface area (TPSA) is 74.2 Å². The molecule has 7 heteroatoms. The third-order valence-electron chi connectivity index (χ3n) is 3.53. The van der Waals surface area contributed by atoms with E-state index < -0.39 is 34.2 Å². The fraction of sp³-hybridized carbons (Fsp3) is 0.571. The SMILES string of the molecule is CO[C@H]1[C@@H](OC)COC(O)(S(=O)c2ccccc2)[C@@H]1OC. The summed E-state index contributed by atoms with van der Waals surface area (Å²) in [7, 11) is 2.58. The lowest BCUT2D eigenvalue weighted by Crippen LogP contribution is -2.64. The summed E-state index contributed by atoms with van der Waals surface area (Å²) in [6.07, 6.45) is -1.94. The normalized spacial score (nSPS) is 34.6. The fourth-order valence-electron chi connectivity index (χ4n) is 2.41. The number of hydrogen-bond donors (Lipinski definition) is 1. The van der Waals surface area contributed by atoms with Crippen LogP contribution >= 0.6 is 0 Å². The lowest BCUT2D eigenvalue weighted by Gasteiger charge is -2.44. The number of ether oxygens (including phenoxy) is 4. The van der Waals surface area contributed by atoms with Gasteiger partial charge >= 0.3 is 0 Å². The van der Waals surface area contributed by atoms with Crippen LogP contribution in [-0.4, -0.2) is 60.7 Å². The van der Waals surface area contributed by atoms with Gasteiger partial charge in [0.2, 0.25) is 0 Å². The quantitative estimate of drug-likeness (QED) is 0.853. The molecule has 1 fully saturated rings. The summed E-state index contributed by atoms with van der Waals surface area (Å²) in [5.41, 5.74) is 0. The van der Waals surface area contributed by atoms with Gasteiger partial charge < -0.3 is 24.1 Å². The number of hydrogen-bond acceptors (Lipinski definition) is 6. The van der Waals surface area contributed by atoms with Gasteiger partial charge in [0.25, 0.3) is 5.12 Å². The molecule has 6 nitrogen and oxygen atoms in total. The molecule has 1 aliphatic heterocycles. The Morgan fingerprint density at radius 3 is 2.38 bits per heavy atom. The van der Waals surface area contributed by atoms with Gasteiger partial charge in [-0.3, -0.25) is 0 Å². The molecule has 0 spiro atoms. The van der Waals surface area contributed by atoms with Crippen LogP contribution in [0.25, 0.3) is 0 Å². The van der Waals surface area contributed by atoms with Crippen LogP contribution in [0.4, 0.5) is 0 Å². The average molecular weight is 316 g/mol. The zero-order valence-corrected chi connectivity index (χ0v) is 13.0. The third-order valence-corrected chi connectivity index (χ3v) is 5.11. The van der Waals surface area contributed by atoms with E-state index in [4.69, 9.17) is 18.9 Å². The van der Waals surface area contributed by atoms with Crippen molar-refractivity contribution >= 4 is 10.8 Å². The molecule has 1 aromatic carbocycles. The molecule has 1 saturated heterocycles. The van der Waals surface area contributed by atoms with E-state index in [0.29, 0.717) is 4.90 Å². The van der Waals surface area contributed by atoms with Crippen LogP contribution in [0.15, 0.2) is 35.2 Å². The maximum absolute atomic E-state index is 12.7. The van der Waals surface area contributed by atoms with E-state index in [2.05, 4.69) is 0 Å². The molecule has 21 heavy (non-hydrogen) atoms. The van der Waals surface area contributed by atoms with E-state index in [1.807, 2.05) is 0 Å². The molecule has 118 valence electrons. The lowest BCUT2D eigenvalue weighted by atomic mass is 10.0. The van der Waals surface area contributed by atoms with E-state index in [9.17, 15) is 9.32 Å². The zero-order valence-electron chi connectivity index (χ0n) is 12.2. The van der Waals surface area contributed by atoms with Gasteiger partial charge in [0.1, 0.15) is 23.0 Å². The Morgan fingerprint density at radius 2 is 1.86 bits per heavy atom. The van der Waals surface area contributed by atoms with Gasteiger partial charge in [-0.1, -0.05) is 18.2 Å². The average Bonchev–Trinajstić information content (AvgIpc) is 2.54. The summed E-state index contributed by atoms with van der Waals surface area (Å²) in [5.74, 6) is 0. The zero-order chi connectivity index (χ0) is 15.5. The van der Waals surface area contributed by atoms with Gasteiger partial charge in [-0.25, -0.2) is 4.21 Å². The molecule has 0 aromatic heterocycles. The monoisotopic (exact) mass is 316 g/mol. The highest BCUT2D eigenvalue weighted by molar-refractivity contribution is 7.86. The van der Waals surface area contributed by atoms with Crippen LogP contribution < -0.4 is 0 Å². The van der Waals surface area contributed by atoms with Crippen LogP contribution in [0.1, 0.15) is 0 Å². The van der Waals surface area contributed by atoms with E-state index in [-0.39, 0.29) is 6.61 Å². The molecule has 0 aliphatic carbocycles. The largest absolute Gasteiger partial charge is 0.376 e. The van der Waals surface area contributed by atoms with E-state index in [1.165, 1.54) is 21.3 Å². The molecule has 0 saturated carbocycles. The van der Waals surface area contributed by atoms with Crippen molar-refractivity contribution in [1.29, 1.82) is 0 Å². The van der Waals surface area contributed by atoms with Crippen LogP contribution in [0, 0.1) is 0 Å². The third kappa shape index (κ3) is 3.03. The first-order valence-electron chi connectivity index (χ1n) is 6.50. The van der Waals surface area contributed by atoms with E-state index >= 15 is 0 Å². The summed E-state index contributed by atoms with van der Waals surface area (Å²) in [4.78, 5) is 0.452. The first kappa shape index (κ1) is 16.5. The smallest absolute Gasteiger partial charge is 0.279 e. The molecule has 0 amide bonds. The predicted molar refractivity (Wildman–Crippen MR) is 76.1 cm³/mol. The molecule has 1 N–H and O–H groups in total. The Labute approximate surface area is 126 Å². The highest BCUT2D eigenvalue weighted by Gasteiger charge is 2.55. The number of rotatable bonds is 5. The minimum Gasteiger partial charge on any atom is -0.376 e. The Hall–Kier alpha value is -0.830. The van der Waals surface area contributed by atoms with Crippen LogP contribution in [0.2, 0.25) is 0 Å². The minimum absolute atomic E-state index is 0.0595. The molecule has 0 bridgehead atoms. The molecule has 2 rings (SSSR count). The van der Waals surface area contributed by atoms with Gasteiger partial charge in [-0.2, -0.15) is 0 Å². The van der Waals surface area contributed by atoms with Gasteiger partial charge in [0, 0.05) is 26.2 Å². The van der Waals surface area contributed by atoms with Gasteiger partial charge in [-0.15, -0.1) is 0 Å². The number of benzene rings is 1. The lowest BCUT2D eigenvalue weighted by molar-refractivity contribution is -0.288. The maximum atomic E-state index is 12.7. The Morgan fingerprint density at radius 1 is 1.19 bits per heavy atom. The molecule has 5 atom stereocenters. The highest BCUT2D eigenvalue weighted by atomic mass is 32.2. The summed E-state index contributed by atoms with van der Waals surface area (Å²) >= 11 is 0. The second-order valence-corrected chi connectivity index (χ2v) is 6.25. The number of aliphatic hydroxyl groups is 1. The van der Waals surface area contributed by atoms with Crippen LogP contribution in [0.5, 0.6) is 0 Å². The minimum atomic E-state index is -1.99. The van der Waals surface area contributed by atoms with Crippen molar-refractivity contribution < 1.29 is 28.3 Å². The van der Waals surface area contributed by atoms with Crippen molar-refractivity contribution in [3.05, 3.63) is 30.3 Å². The van der Waals surface area contributed by atoms with Gasteiger partial charge in [0.15, 0.2) is 6.10 Å². The van der Waals surface area contributed by atoms with Crippen LogP contribution in [0.3, 0.4) is 0 Å². The fourth-order valence-corrected chi connectivity index (χ4v) is 3.77. The molecule has 2 unspecified atom stereocenters. The molecular formula is C14H20O6S. The molecule has 1 aromatic rings. The maximum Gasteiger partial charge on any atom is 0.279 e. The van der Waals surface area contributed by atoms with E-state index in [0.717, 1.165) is 0 Å². The Balaban J connectivity index is 2.33. The second kappa shape index (κ2) is 6.95. The van der Waals surface area contributed by atoms with E-state index in [1.54, 1.807) is 30.3 Å². The first-order chi connectivity index (χ1) is 10.1. The van der Waals surface area contributed by atoms with Gasteiger partial charge in [0.05, 0.1) is 6.61 Å². The van der Waals surface area contributed by atoms with Crippen molar-refractivity contribution in [2.75, 3.05) is 27.9 Å². The summed E-state index contributed by atoms with van der Waals surface area (Å²) in [6, 6.07) is 8.61. The van der Waals surface area contributed by atoms with Crippen molar-refractivity contribution in [3.8, 4) is 0 Å². The molecule has 0 radical (unpaired) electrons. The van der Waals surface area contributed by atoms with Crippen molar-refractivity contribution in [2.24, 2.45) is 0 Å². The first-order valence-corrected chi connectivity index (χ1v) is 7.65. The summed E-state index contributed by atoms with van der Waals surface area (Å²) < 4.78 is 34.1. The van der Waals surface area contributed by atoms with Crippen molar-refractivity contribution in [3.63, 3.8) is 0 Å². The second-order valence-electron chi connectivity index (χ2n) is 4.65. The molecular weight excluding hydrogens is 296 g/mol. The summed E-state index contributed by atoms with van der Waals surface area (Å²) in [5, 5.41) is 8.79.